The molecular weight excluding hydrogens is 290 g/mol. The maximum absolute atomic E-state index is 5.99. The van der Waals surface area contributed by atoms with E-state index in [1.54, 1.807) is 7.11 Å². The van der Waals surface area contributed by atoms with Crippen molar-refractivity contribution in [2.75, 3.05) is 46.6 Å². The van der Waals surface area contributed by atoms with Gasteiger partial charge in [0.2, 0.25) is 0 Å². The predicted octanol–water partition coefficient (Wildman–Crippen LogP) is 3.26. The molecule has 0 bridgehead atoms. The summed E-state index contributed by atoms with van der Waals surface area (Å²) in [6.07, 6.45) is 0.136. The number of hydrogen-bond acceptors (Lipinski definition) is 4. The van der Waals surface area contributed by atoms with Crippen molar-refractivity contribution in [2.45, 2.75) is 13.0 Å². The first-order valence-electron chi connectivity index (χ1n) is 8.29. The summed E-state index contributed by atoms with van der Waals surface area (Å²) in [6, 6.07) is 12.7. The van der Waals surface area contributed by atoms with Crippen molar-refractivity contribution in [3.63, 3.8) is 0 Å². The largest absolute Gasteiger partial charge is 0.497 e. The zero-order chi connectivity index (χ0) is 16.1. The van der Waals surface area contributed by atoms with Gasteiger partial charge in [-0.1, -0.05) is 18.2 Å². The molecule has 0 radical (unpaired) electrons. The average molecular weight is 315 g/mol. The van der Waals surface area contributed by atoms with Crippen molar-refractivity contribution in [3.8, 4) is 5.75 Å². The van der Waals surface area contributed by atoms with E-state index in [2.05, 4.69) is 35.2 Å². The lowest BCUT2D eigenvalue weighted by atomic mass is 10.0. The number of nitrogens with zero attached hydrogens (tertiary/aromatic N) is 1. The minimum atomic E-state index is 0.136. The van der Waals surface area contributed by atoms with Gasteiger partial charge in [0.15, 0.2) is 0 Å². The molecule has 1 saturated heterocycles. The minimum absolute atomic E-state index is 0.136. The van der Waals surface area contributed by atoms with E-state index >= 15 is 0 Å². The second kappa shape index (κ2) is 7.77. The number of benzene rings is 2. The Morgan fingerprint density at radius 1 is 1.17 bits per heavy atom. The van der Waals surface area contributed by atoms with E-state index in [1.807, 2.05) is 13.0 Å². The Balaban J connectivity index is 1.71. The second-order valence-corrected chi connectivity index (χ2v) is 5.83. The molecule has 4 nitrogen and oxygen atoms in total. The van der Waals surface area contributed by atoms with Crippen LogP contribution in [0.1, 0.15) is 18.6 Å². The third-order valence-electron chi connectivity index (χ3n) is 4.35. The lowest BCUT2D eigenvalue weighted by Gasteiger charge is -2.33. The highest BCUT2D eigenvalue weighted by Gasteiger charge is 2.21. The van der Waals surface area contributed by atoms with Gasteiger partial charge in [0, 0.05) is 26.2 Å². The summed E-state index contributed by atoms with van der Waals surface area (Å²) in [6.45, 7) is 7.26. The van der Waals surface area contributed by atoms with E-state index in [0.29, 0.717) is 0 Å². The van der Waals surface area contributed by atoms with Crippen LogP contribution in [0.5, 0.6) is 5.75 Å². The van der Waals surface area contributed by atoms with Gasteiger partial charge in [0.25, 0.3) is 0 Å². The van der Waals surface area contributed by atoms with Gasteiger partial charge in [-0.3, -0.25) is 4.90 Å². The zero-order valence-electron chi connectivity index (χ0n) is 14.0. The maximum atomic E-state index is 5.99. The number of hydrogen-bond donors (Lipinski definition) is 0. The van der Waals surface area contributed by atoms with Crippen LogP contribution in [0.3, 0.4) is 0 Å². The first-order valence-corrected chi connectivity index (χ1v) is 8.29. The average Bonchev–Trinajstić information content (AvgIpc) is 2.61. The Morgan fingerprint density at radius 2 is 2.00 bits per heavy atom. The lowest BCUT2D eigenvalue weighted by molar-refractivity contribution is -0.0372. The van der Waals surface area contributed by atoms with Gasteiger partial charge in [-0.2, -0.15) is 0 Å². The first kappa shape index (κ1) is 16.2. The molecule has 2 aromatic rings. The number of fused-ring (bicyclic) bond motifs is 1. The van der Waals surface area contributed by atoms with Gasteiger partial charge in [0.05, 0.1) is 26.4 Å². The molecule has 1 fully saturated rings. The Bertz CT molecular complexity index is 644. The molecule has 0 amide bonds. The molecule has 4 heteroatoms. The van der Waals surface area contributed by atoms with Crippen molar-refractivity contribution < 1.29 is 14.2 Å². The van der Waals surface area contributed by atoms with Crippen LogP contribution in [-0.4, -0.2) is 51.5 Å². The van der Waals surface area contributed by atoms with Gasteiger partial charge in [-0.25, -0.2) is 0 Å². The highest BCUT2D eigenvalue weighted by atomic mass is 16.5. The second-order valence-electron chi connectivity index (χ2n) is 5.83. The van der Waals surface area contributed by atoms with Crippen LogP contribution < -0.4 is 4.74 Å². The summed E-state index contributed by atoms with van der Waals surface area (Å²) < 4.78 is 16.7. The summed E-state index contributed by atoms with van der Waals surface area (Å²) in [7, 11) is 1.70. The molecule has 0 N–H and O–H groups in total. The van der Waals surface area contributed by atoms with Crippen LogP contribution in [0.2, 0.25) is 0 Å². The zero-order valence-corrected chi connectivity index (χ0v) is 14.0. The number of methoxy groups -OCH3 is 1. The summed E-state index contributed by atoms with van der Waals surface area (Å²) in [5, 5.41) is 2.41. The highest BCUT2D eigenvalue weighted by molar-refractivity contribution is 5.84. The van der Waals surface area contributed by atoms with Crippen LogP contribution in [0.4, 0.5) is 0 Å². The Morgan fingerprint density at radius 3 is 2.83 bits per heavy atom. The van der Waals surface area contributed by atoms with Crippen molar-refractivity contribution in [3.05, 3.63) is 42.0 Å². The minimum Gasteiger partial charge on any atom is -0.497 e. The van der Waals surface area contributed by atoms with Crippen LogP contribution in [-0.2, 0) is 9.47 Å². The number of morpholine rings is 1. The van der Waals surface area contributed by atoms with Crippen LogP contribution in [0.25, 0.3) is 10.8 Å². The van der Waals surface area contributed by atoms with Crippen LogP contribution in [0, 0.1) is 0 Å². The smallest absolute Gasteiger partial charge is 0.119 e. The lowest BCUT2D eigenvalue weighted by Crippen LogP contribution is -2.40. The van der Waals surface area contributed by atoms with Gasteiger partial charge < -0.3 is 14.2 Å². The molecule has 0 aliphatic carbocycles. The van der Waals surface area contributed by atoms with Crippen LogP contribution >= 0.6 is 0 Å². The Labute approximate surface area is 137 Å². The van der Waals surface area contributed by atoms with Gasteiger partial charge in [-0.15, -0.1) is 0 Å². The molecule has 1 aliphatic heterocycles. The molecule has 1 atom stereocenters. The fourth-order valence-electron chi connectivity index (χ4n) is 3.01. The molecule has 2 aromatic carbocycles. The predicted molar refractivity (Wildman–Crippen MR) is 92.1 cm³/mol. The number of rotatable bonds is 6. The van der Waals surface area contributed by atoms with Crippen molar-refractivity contribution in [1.29, 1.82) is 0 Å². The summed E-state index contributed by atoms with van der Waals surface area (Å²) in [5.74, 6) is 0.890. The van der Waals surface area contributed by atoms with Crippen molar-refractivity contribution in [1.82, 2.24) is 4.90 Å². The molecule has 1 heterocycles. The molecule has 0 unspecified atom stereocenters. The summed E-state index contributed by atoms with van der Waals surface area (Å²) in [5.41, 5.74) is 1.24. The van der Waals surface area contributed by atoms with Crippen molar-refractivity contribution >= 4 is 10.8 Å². The van der Waals surface area contributed by atoms with Gasteiger partial charge >= 0.3 is 0 Å². The topological polar surface area (TPSA) is 30.9 Å². The third-order valence-corrected chi connectivity index (χ3v) is 4.35. The van der Waals surface area contributed by atoms with Crippen LogP contribution in [0.15, 0.2) is 36.4 Å². The van der Waals surface area contributed by atoms with E-state index in [-0.39, 0.29) is 6.10 Å². The standard InChI is InChI=1S/C19H25NO3/c1-3-22-10-8-20-9-11-23-19(14-20)17-5-4-16-13-18(21-2)7-6-15(16)12-17/h4-7,12-13,19H,3,8-11,14H2,1-2H3/t19-/m0/s1. The Kier molecular flexibility index (Phi) is 5.49. The quantitative estimate of drug-likeness (QED) is 0.766. The molecule has 1 aliphatic rings. The molecule has 0 spiro atoms. The van der Waals surface area contributed by atoms with E-state index < -0.39 is 0 Å². The summed E-state index contributed by atoms with van der Waals surface area (Å²) in [4.78, 5) is 2.42. The van der Waals surface area contributed by atoms with E-state index in [9.17, 15) is 0 Å². The van der Waals surface area contributed by atoms with E-state index in [4.69, 9.17) is 14.2 Å². The van der Waals surface area contributed by atoms with Crippen molar-refractivity contribution in [2.24, 2.45) is 0 Å². The van der Waals surface area contributed by atoms with Gasteiger partial charge in [0.1, 0.15) is 5.75 Å². The summed E-state index contributed by atoms with van der Waals surface area (Å²) >= 11 is 0. The van der Waals surface area contributed by atoms with E-state index in [1.165, 1.54) is 16.3 Å². The molecule has 23 heavy (non-hydrogen) atoms. The highest BCUT2D eigenvalue weighted by Crippen LogP contribution is 2.27. The Hall–Kier alpha value is -1.62. The first-order chi connectivity index (χ1) is 11.3. The van der Waals surface area contributed by atoms with Gasteiger partial charge in [-0.05, 0) is 41.5 Å². The fraction of sp³-hybridized carbons (Fsp3) is 0.474. The molecule has 0 aromatic heterocycles. The molecule has 124 valence electrons. The van der Waals surface area contributed by atoms with E-state index in [0.717, 1.165) is 45.2 Å². The monoisotopic (exact) mass is 315 g/mol. The third kappa shape index (κ3) is 4.02. The number of ether oxygens (including phenoxy) is 3. The molecular formula is C19H25NO3. The normalized spacial score (nSPS) is 19.1. The molecule has 3 rings (SSSR count). The maximum Gasteiger partial charge on any atom is 0.119 e. The molecule has 0 saturated carbocycles. The fourth-order valence-corrected chi connectivity index (χ4v) is 3.01. The SMILES string of the molecule is CCOCCN1CCO[C@H](c2ccc3cc(OC)ccc3c2)C1.